The zero-order valence-corrected chi connectivity index (χ0v) is 20.0. The minimum absolute atomic E-state index is 0.0895. The SMILES string of the molecule is CC1(OC(=O)c2c[nH]c3c(=O)[nH]c4ccc(S(=O)(=O)NC5CCNCC5)cc4c23)CCCCC1. The summed E-state index contributed by atoms with van der Waals surface area (Å²) < 4.78 is 34.9. The van der Waals surface area contributed by atoms with E-state index in [1.54, 1.807) is 6.07 Å². The molecule has 1 aliphatic heterocycles. The van der Waals surface area contributed by atoms with Crippen LogP contribution in [0.2, 0.25) is 0 Å². The van der Waals surface area contributed by atoms with Gasteiger partial charge in [0.1, 0.15) is 11.1 Å². The van der Waals surface area contributed by atoms with Crippen LogP contribution in [0.1, 0.15) is 62.2 Å². The Kier molecular flexibility index (Phi) is 5.99. The lowest BCUT2D eigenvalue weighted by molar-refractivity contribution is -0.0267. The first-order valence-corrected chi connectivity index (χ1v) is 13.4. The fraction of sp³-hybridized carbons (Fsp3) is 0.500. The number of esters is 1. The van der Waals surface area contributed by atoms with Gasteiger partial charge in [-0.2, -0.15) is 0 Å². The van der Waals surface area contributed by atoms with Crippen LogP contribution in [0.15, 0.2) is 34.1 Å². The molecule has 2 fully saturated rings. The fourth-order valence-electron chi connectivity index (χ4n) is 5.14. The number of benzene rings is 1. The third-order valence-electron chi connectivity index (χ3n) is 7.06. The summed E-state index contributed by atoms with van der Waals surface area (Å²) in [5, 5.41) is 4.07. The molecule has 2 aliphatic rings. The third-order valence-corrected chi connectivity index (χ3v) is 8.58. The van der Waals surface area contributed by atoms with Crippen molar-refractivity contribution in [3.05, 3.63) is 40.3 Å². The Labute approximate surface area is 197 Å². The summed E-state index contributed by atoms with van der Waals surface area (Å²) in [6.45, 7) is 3.47. The van der Waals surface area contributed by atoms with E-state index in [-0.39, 0.29) is 27.6 Å². The highest BCUT2D eigenvalue weighted by Crippen LogP contribution is 2.34. The Hall–Kier alpha value is -2.69. The summed E-state index contributed by atoms with van der Waals surface area (Å²) in [5.41, 5.74) is -0.0130. The summed E-state index contributed by atoms with van der Waals surface area (Å²) >= 11 is 0. The molecule has 1 aromatic carbocycles. The molecular formula is C24H30N4O5S. The lowest BCUT2D eigenvalue weighted by atomic mass is 9.86. The maximum absolute atomic E-state index is 13.2. The van der Waals surface area contributed by atoms with Crippen LogP contribution in [0.4, 0.5) is 0 Å². The molecule has 1 aliphatic carbocycles. The molecule has 0 unspecified atom stereocenters. The second-order valence-electron chi connectivity index (χ2n) is 9.66. The number of rotatable bonds is 5. The standard InChI is InChI=1S/C24H30N4O5S/c1-24(9-3-2-4-10-24)33-23(30)18-14-26-21-20(18)17-13-16(5-6-19(17)27-22(21)29)34(31,32)28-15-7-11-25-12-8-15/h5-6,13-15,25-26,28H,2-4,7-12H2,1H3,(H,27,29). The van der Waals surface area contributed by atoms with Crippen molar-refractivity contribution in [1.82, 2.24) is 20.0 Å². The predicted molar refractivity (Wildman–Crippen MR) is 130 cm³/mol. The number of pyridine rings is 1. The van der Waals surface area contributed by atoms with Gasteiger partial charge in [0.25, 0.3) is 5.56 Å². The van der Waals surface area contributed by atoms with Crippen molar-refractivity contribution in [1.29, 1.82) is 0 Å². The molecule has 3 aromatic rings. The predicted octanol–water partition coefficient (Wildman–Crippen LogP) is 2.92. The third kappa shape index (κ3) is 4.37. The Bertz CT molecular complexity index is 1400. The highest BCUT2D eigenvalue weighted by atomic mass is 32.2. The van der Waals surface area contributed by atoms with Crippen molar-refractivity contribution in [3.8, 4) is 0 Å². The molecule has 10 heteroatoms. The lowest BCUT2D eigenvalue weighted by Crippen LogP contribution is -2.42. The van der Waals surface area contributed by atoms with Crippen molar-refractivity contribution in [2.45, 2.75) is 68.4 Å². The van der Waals surface area contributed by atoms with Gasteiger partial charge in [0.15, 0.2) is 0 Å². The summed E-state index contributed by atoms with van der Waals surface area (Å²) in [5.74, 6) is -0.511. The Morgan fingerprint density at radius 1 is 1.15 bits per heavy atom. The van der Waals surface area contributed by atoms with Crippen molar-refractivity contribution in [2.75, 3.05) is 13.1 Å². The lowest BCUT2D eigenvalue weighted by Gasteiger charge is -2.33. The molecule has 9 nitrogen and oxygen atoms in total. The Morgan fingerprint density at radius 2 is 1.88 bits per heavy atom. The van der Waals surface area contributed by atoms with Gasteiger partial charge < -0.3 is 20.0 Å². The molecule has 0 atom stereocenters. The van der Waals surface area contributed by atoms with Crippen molar-refractivity contribution >= 4 is 37.8 Å². The van der Waals surface area contributed by atoms with E-state index < -0.39 is 21.6 Å². The number of hydrogen-bond donors (Lipinski definition) is 4. The molecule has 4 N–H and O–H groups in total. The van der Waals surface area contributed by atoms with E-state index in [4.69, 9.17) is 4.74 Å². The molecular weight excluding hydrogens is 456 g/mol. The van der Waals surface area contributed by atoms with Crippen LogP contribution in [-0.4, -0.2) is 49.1 Å². The zero-order valence-electron chi connectivity index (χ0n) is 19.2. The molecule has 182 valence electrons. The number of hydrogen-bond acceptors (Lipinski definition) is 6. The van der Waals surface area contributed by atoms with E-state index in [2.05, 4.69) is 20.0 Å². The van der Waals surface area contributed by atoms with Crippen LogP contribution in [0.25, 0.3) is 21.8 Å². The van der Waals surface area contributed by atoms with Gasteiger partial charge in [-0.25, -0.2) is 17.9 Å². The Morgan fingerprint density at radius 3 is 2.62 bits per heavy atom. The first-order valence-electron chi connectivity index (χ1n) is 11.9. The van der Waals surface area contributed by atoms with Crippen LogP contribution in [0, 0.1) is 0 Å². The van der Waals surface area contributed by atoms with E-state index in [1.807, 2.05) is 6.92 Å². The molecule has 2 aromatic heterocycles. The van der Waals surface area contributed by atoms with Crippen molar-refractivity contribution < 1.29 is 17.9 Å². The summed E-state index contributed by atoms with van der Waals surface area (Å²) in [6, 6.07) is 4.43. The van der Waals surface area contributed by atoms with Crippen LogP contribution in [0.3, 0.4) is 0 Å². The van der Waals surface area contributed by atoms with E-state index in [9.17, 15) is 18.0 Å². The number of carbonyl (C=O) groups is 1. The smallest absolute Gasteiger partial charge is 0.340 e. The molecule has 34 heavy (non-hydrogen) atoms. The van der Waals surface area contributed by atoms with Gasteiger partial charge in [0.05, 0.1) is 10.5 Å². The Balaban J connectivity index is 1.56. The van der Waals surface area contributed by atoms with Gasteiger partial charge in [0, 0.05) is 28.5 Å². The van der Waals surface area contributed by atoms with Gasteiger partial charge in [-0.05, 0) is 76.7 Å². The maximum atomic E-state index is 13.2. The summed E-state index contributed by atoms with van der Waals surface area (Å²) in [6.07, 6.45) is 7.65. The molecule has 0 bridgehead atoms. The molecule has 1 saturated carbocycles. The first-order chi connectivity index (χ1) is 16.3. The number of ether oxygens (including phenoxy) is 1. The molecule has 0 spiro atoms. The molecule has 5 rings (SSSR count). The zero-order chi connectivity index (χ0) is 23.9. The van der Waals surface area contributed by atoms with E-state index in [0.29, 0.717) is 16.3 Å². The summed E-state index contributed by atoms with van der Waals surface area (Å²) in [7, 11) is -3.77. The largest absolute Gasteiger partial charge is 0.456 e. The highest BCUT2D eigenvalue weighted by molar-refractivity contribution is 7.89. The number of aromatic nitrogens is 2. The minimum Gasteiger partial charge on any atom is -0.456 e. The van der Waals surface area contributed by atoms with Crippen molar-refractivity contribution in [3.63, 3.8) is 0 Å². The second-order valence-corrected chi connectivity index (χ2v) is 11.4. The average Bonchev–Trinajstić information content (AvgIpc) is 3.26. The van der Waals surface area contributed by atoms with E-state index in [0.717, 1.165) is 58.0 Å². The van der Waals surface area contributed by atoms with Gasteiger partial charge in [0.2, 0.25) is 10.0 Å². The minimum atomic E-state index is -3.77. The molecule has 0 radical (unpaired) electrons. The van der Waals surface area contributed by atoms with E-state index in [1.165, 1.54) is 18.3 Å². The second kappa shape index (κ2) is 8.83. The summed E-state index contributed by atoms with van der Waals surface area (Å²) in [4.78, 5) is 31.6. The first kappa shape index (κ1) is 23.1. The number of piperidine rings is 1. The van der Waals surface area contributed by atoms with Gasteiger partial charge in [-0.1, -0.05) is 6.42 Å². The number of carbonyl (C=O) groups excluding carboxylic acids is 1. The number of H-pyrrole nitrogens is 2. The molecule has 3 heterocycles. The number of nitrogens with one attached hydrogen (secondary N) is 4. The van der Waals surface area contributed by atoms with Crippen LogP contribution < -0.4 is 15.6 Å². The molecule has 1 saturated heterocycles. The van der Waals surface area contributed by atoms with Crippen LogP contribution in [-0.2, 0) is 14.8 Å². The number of fused-ring (bicyclic) bond motifs is 3. The fourth-order valence-corrected chi connectivity index (χ4v) is 6.47. The van der Waals surface area contributed by atoms with Crippen LogP contribution >= 0.6 is 0 Å². The normalized spacial score (nSPS) is 19.4. The van der Waals surface area contributed by atoms with Crippen LogP contribution in [0.5, 0.6) is 0 Å². The van der Waals surface area contributed by atoms with Crippen molar-refractivity contribution in [2.24, 2.45) is 0 Å². The van der Waals surface area contributed by atoms with Gasteiger partial charge in [-0.3, -0.25) is 4.79 Å². The van der Waals surface area contributed by atoms with Gasteiger partial charge >= 0.3 is 5.97 Å². The molecule has 0 amide bonds. The van der Waals surface area contributed by atoms with E-state index >= 15 is 0 Å². The van der Waals surface area contributed by atoms with Gasteiger partial charge in [-0.15, -0.1) is 0 Å². The quantitative estimate of drug-likeness (QED) is 0.410. The topological polar surface area (TPSA) is 133 Å². The number of sulfonamides is 1. The maximum Gasteiger partial charge on any atom is 0.340 e. The monoisotopic (exact) mass is 486 g/mol. The number of aromatic amines is 2. The average molecular weight is 487 g/mol. The highest BCUT2D eigenvalue weighted by Gasteiger charge is 2.32.